The summed E-state index contributed by atoms with van der Waals surface area (Å²) in [5.74, 6) is -4.17. The first-order valence-electron chi connectivity index (χ1n) is 8.45. The molecule has 0 bridgehead atoms. The fraction of sp³-hybridized carbons (Fsp3) is 0.500. The summed E-state index contributed by atoms with van der Waals surface area (Å²) in [6, 6.07) is 2.24. The third-order valence-corrected chi connectivity index (χ3v) is 4.50. The highest BCUT2D eigenvalue weighted by atomic mass is 19.2. The van der Waals surface area contributed by atoms with Crippen LogP contribution < -0.4 is 5.32 Å². The number of carboxylic acids is 1. The number of carboxylic acid groups (broad SMARTS) is 1. The number of halogens is 2. The number of carbonyl (C=O) groups excluding carboxylic acids is 2. The summed E-state index contributed by atoms with van der Waals surface area (Å²) in [6.07, 6.45) is 0.531. The molecule has 142 valence electrons. The predicted molar refractivity (Wildman–Crippen MR) is 89.0 cm³/mol. The maximum atomic E-state index is 13.9. The molecule has 1 heterocycles. The fourth-order valence-electron chi connectivity index (χ4n) is 3.04. The first-order chi connectivity index (χ1) is 12.2. The van der Waals surface area contributed by atoms with Gasteiger partial charge in [0.15, 0.2) is 11.6 Å². The lowest BCUT2D eigenvalue weighted by molar-refractivity contribution is -0.143. The highest BCUT2D eigenvalue weighted by Gasteiger charge is 2.34. The molecule has 26 heavy (non-hydrogen) atoms. The van der Waals surface area contributed by atoms with Crippen LogP contribution in [0.5, 0.6) is 0 Å². The molecule has 1 aromatic rings. The zero-order chi connectivity index (χ0) is 19.4. The van der Waals surface area contributed by atoms with Crippen LogP contribution in [-0.2, 0) is 20.9 Å². The minimum Gasteiger partial charge on any atom is -0.480 e. The van der Waals surface area contributed by atoms with Crippen molar-refractivity contribution in [2.75, 3.05) is 0 Å². The van der Waals surface area contributed by atoms with Crippen LogP contribution >= 0.6 is 0 Å². The maximum Gasteiger partial charge on any atom is 0.326 e. The second kappa shape index (κ2) is 8.25. The molecule has 0 aliphatic carbocycles. The van der Waals surface area contributed by atoms with Gasteiger partial charge in [-0.1, -0.05) is 26.0 Å². The number of hydrogen-bond acceptors (Lipinski definition) is 3. The Kier molecular flexibility index (Phi) is 6.28. The van der Waals surface area contributed by atoms with E-state index in [9.17, 15) is 23.2 Å². The van der Waals surface area contributed by atoms with Crippen LogP contribution in [0.3, 0.4) is 0 Å². The highest BCUT2D eigenvalue weighted by molar-refractivity contribution is 5.85. The minimum atomic E-state index is -1.13. The van der Waals surface area contributed by atoms with Crippen LogP contribution in [-0.4, -0.2) is 39.9 Å². The van der Waals surface area contributed by atoms with Crippen molar-refractivity contribution in [2.45, 2.75) is 51.7 Å². The van der Waals surface area contributed by atoms with Gasteiger partial charge in [0.05, 0.1) is 0 Å². The average Bonchev–Trinajstić information content (AvgIpc) is 2.89. The Bertz CT molecular complexity index is 708. The Morgan fingerprint density at radius 3 is 2.65 bits per heavy atom. The molecule has 8 heteroatoms. The summed E-state index contributed by atoms with van der Waals surface area (Å²) in [5.41, 5.74) is 0.0382. The molecule has 2 rings (SSSR count). The molecule has 2 amide bonds. The van der Waals surface area contributed by atoms with E-state index in [4.69, 9.17) is 5.11 Å². The number of nitrogens with one attached hydrogen (secondary N) is 1. The molecule has 6 nitrogen and oxygen atoms in total. The van der Waals surface area contributed by atoms with Gasteiger partial charge in [-0.25, -0.2) is 13.6 Å². The number of hydrogen-bond donors (Lipinski definition) is 2. The molecule has 0 aromatic heterocycles. The SMILES string of the molecule is CC(C)[C@H](NC(=O)C[C@@H]1CCC(=O)N1Cc1cccc(F)c1F)C(=O)O. The van der Waals surface area contributed by atoms with Crippen molar-refractivity contribution in [3.8, 4) is 0 Å². The van der Waals surface area contributed by atoms with Gasteiger partial charge in [-0.2, -0.15) is 0 Å². The summed E-state index contributed by atoms with van der Waals surface area (Å²) in [5, 5.41) is 11.6. The minimum absolute atomic E-state index is 0.0382. The first kappa shape index (κ1) is 19.8. The number of amides is 2. The van der Waals surface area contributed by atoms with Crippen LogP contribution in [0.25, 0.3) is 0 Å². The second-order valence-corrected chi connectivity index (χ2v) is 6.76. The third-order valence-electron chi connectivity index (χ3n) is 4.50. The summed E-state index contributed by atoms with van der Waals surface area (Å²) in [7, 11) is 0. The average molecular weight is 368 g/mol. The van der Waals surface area contributed by atoms with Crippen molar-refractivity contribution in [1.82, 2.24) is 10.2 Å². The van der Waals surface area contributed by atoms with Crippen LogP contribution in [0, 0.1) is 17.6 Å². The van der Waals surface area contributed by atoms with Gasteiger partial charge in [0.25, 0.3) is 0 Å². The topological polar surface area (TPSA) is 86.7 Å². The molecule has 0 spiro atoms. The van der Waals surface area contributed by atoms with Gasteiger partial charge >= 0.3 is 5.97 Å². The van der Waals surface area contributed by atoms with E-state index in [0.29, 0.717) is 6.42 Å². The molecular formula is C18H22F2N2O4. The Hall–Kier alpha value is -2.51. The van der Waals surface area contributed by atoms with Crippen molar-refractivity contribution in [3.63, 3.8) is 0 Å². The Morgan fingerprint density at radius 1 is 1.35 bits per heavy atom. The highest BCUT2D eigenvalue weighted by Crippen LogP contribution is 2.25. The Balaban J connectivity index is 2.06. The molecule has 1 aliphatic heterocycles. The van der Waals surface area contributed by atoms with Gasteiger partial charge in [-0.3, -0.25) is 9.59 Å². The van der Waals surface area contributed by atoms with E-state index in [2.05, 4.69) is 5.32 Å². The van der Waals surface area contributed by atoms with Gasteiger partial charge < -0.3 is 15.3 Å². The van der Waals surface area contributed by atoms with Crippen molar-refractivity contribution < 1.29 is 28.3 Å². The van der Waals surface area contributed by atoms with Crippen molar-refractivity contribution in [3.05, 3.63) is 35.4 Å². The standard InChI is InChI=1S/C18H22F2N2O4/c1-10(2)17(18(25)26)21-14(23)8-12-6-7-15(24)22(12)9-11-4-3-5-13(19)16(11)20/h3-5,10,12,17H,6-9H2,1-2H3,(H,21,23)(H,25,26)/t12-,17-/m0/s1. The lowest BCUT2D eigenvalue weighted by Gasteiger charge is -2.26. The molecule has 0 radical (unpaired) electrons. The van der Waals surface area contributed by atoms with Gasteiger partial charge in [0.2, 0.25) is 11.8 Å². The smallest absolute Gasteiger partial charge is 0.326 e. The molecular weight excluding hydrogens is 346 g/mol. The molecule has 1 aromatic carbocycles. The Labute approximate surface area is 150 Å². The number of carbonyl (C=O) groups is 3. The van der Waals surface area contributed by atoms with Crippen molar-refractivity contribution >= 4 is 17.8 Å². The molecule has 1 aliphatic rings. The maximum absolute atomic E-state index is 13.9. The van der Waals surface area contributed by atoms with Gasteiger partial charge in [-0.05, 0) is 18.4 Å². The van der Waals surface area contributed by atoms with E-state index in [1.54, 1.807) is 13.8 Å². The van der Waals surface area contributed by atoms with E-state index in [-0.39, 0.29) is 36.8 Å². The van der Waals surface area contributed by atoms with Crippen LogP contribution in [0.1, 0.15) is 38.7 Å². The van der Waals surface area contributed by atoms with E-state index >= 15 is 0 Å². The van der Waals surface area contributed by atoms with E-state index < -0.39 is 35.6 Å². The van der Waals surface area contributed by atoms with E-state index in [1.165, 1.54) is 17.0 Å². The molecule has 2 atom stereocenters. The lowest BCUT2D eigenvalue weighted by Crippen LogP contribution is -2.46. The van der Waals surface area contributed by atoms with E-state index in [0.717, 1.165) is 6.07 Å². The quantitative estimate of drug-likeness (QED) is 0.771. The first-order valence-corrected chi connectivity index (χ1v) is 8.45. The zero-order valence-electron chi connectivity index (χ0n) is 14.7. The molecule has 1 fully saturated rings. The number of likely N-dealkylation sites (tertiary alicyclic amines) is 1. The van der Waals surface area contributed by atoms with Gasteiger partial charge in [0, 0.05) is 31.0 Å². The number of nitrogens with zero attached hydrogens (tertiary/aromatic N) is 1. The zero-order valence-corrected chi connectivity index (χ0v) is 14.7. The third kappa shape index (κ3) is 4.56. The number of benzene rings is 1. The predicted octanol–water partition coefficient (Wildman–Crippen LogP) is 2.07. The van der Waals surface area contributed by atoms with Gasteiger partial charge in [-0.15, -0.1) is 0 Å². The summed E-state index contributed by atoms with van der Waals surface area (Å²) in [4.78, 5) is 36.8. The van der Waals surface area contributed by atoms with Crippen LogP contribution in [0.4, 0.5) is 8.78 Å². The summed E-state index contributed by atoms with van der Waals surface area (Å²) < 4.78 is 27.2. The normalized spacial score (nSPS) is 18.3. The van der Waals surface area contributed by atoms with Crippen molar-refractivity contribution in [2.24, 2.45) is 5.92 Å². The second-order valence-electron chi connectivity index (χ2n) is 6.76. The van der Waals surface area contributed by atoms with Gasteiger partial charge in [0.1, 0.15) is 6.04 Å². The van der Waals surface area contributed by atoms with Crippen molar-refractivity contribution in [1.29, 1.82) is 0 Å². The monoisotopic (exact) mass is 368 g/mol. The Morgan fingerprint density at radius 2 is 2.04 bits per heavy atom. The molecule has 1 saturated heterocycles. The largest absolute Gasteiger partial charge is 0.480 e. The van der Waals surface area contributed by atoms with E-state index in [1.807, 2.05) is 0 Å². The summed E-state index contributed by atoms with van der Waals surface area (Å²) in [6.45, 7) is 3.22. The molecule has 0 saturated carbocycles. The number of aliphatic carboxylic acids is 1. The lowest BCUT2D eigenvalue weighted by atomic mass is 10.0. The van der Waals surface area contributed by atoms with Crippen LogP contribution in [0.2, 0.25) is 0 Å². The van der Waals surface area contributed by atoms with Crippen LogP contribution in [0.15, 0.2) is 18.2 Å². The summed E-state index contributed by atoms with van der Waals surface area (Å²) >= 11 is 0. The molecule has 0 unspecified atom stereocenters. The molecule has 2 N–H and O–H groups in total. The fourth-order valence-corrected chi connectivity index (χ4v) is 3.04. The number of rotatable bonds is 7.